The van der Waals surface area contributed by atoms with Crippen LogP contribution in [-0.2, 0) is 0 Å². The molecule has 2 rings (SSSR count). The number of hydrogen-bond donors (Lipinski definition) is 4. The second-order valence-corrected chi connectivity index (χ2v) is 5.36. The quantitative estimate of drug-likeness (QED) is 0.471. The molecule has 1 aliphatic heterocycles. The Labute approximate surface area is 108 Å². The molecule has 1 aromatic carbocycles. The fraction of sp³-hybridized carbons (Fsp3) is 0.500. The van der Waals surface area contributed by atoms with Gasteiger partial charge in [-0.25, -0.2) is 0 Å². The largest absolute Gasteiger partial charge is 0.398 e. The monoisotopic (exact) mass is 247 g/mol. The predicted molar refractivity (Wildman–Crippen MR) is 74.3 cm³/mol. The van der Waals surface area contributed by atoms with Crippen LogP contribution in [0.5, 0.6) is 0 Å². The fourth-order valence-electron chi connectivity index (χ4n) is 2.78. The second-order valence-electron chi connectivity index (χ2n) is 5.36. The molecule has 18 heavy (non-hydrogen) atoms. The molecule has 1 heterocycles. The Morgan fingerprint density at radius 1 is 1.56 bits per heavy atom. The zero-order valence-electron chi connectivity index (χ0n) is 11.0. The molecule has 2 unspecified atom stereocenters. The van der Waals surface area contributed by atoms with Gasteiger partial charge in [0.15, 0.2) is 0 Å². The first-order chi connectivity index (χ1) is 8.45. The van der Waals surface area contributed by atoms with E-state index in [2.05, 4.69) is 5.32 Å². The smallest absolute Gasteiger partial charge is 0.0812 e. The van der Waals surface area contributed by atoms with E-state index in [1.165, 1.54) is 6.21 Å². The Hall–Kier alpha value is -1.39. The molecular weight excluding hydrogens is 226 g/mol. The van der Waals surface area contributed by atoms with E-state index in [1.54, 1.807) is 0 Å². The zero-order chi connectivity index (χ0) is 13.3. The summed E-state index contributed by atoms with van der Waals surface area (Å²) in [6.07, 6.45) is 2.17. The topological polar surface area (TPSA) is 82.1 Å². The van der Waals surface area contributed by atoms with Crippen LogP contribution in [0, 0.1) is 12.3 Å². The lowest BCUT2D eigenvalue weighted by Crippen LogP contribution is -2.48. The number of aliphatic hydroxyl groups is 1. The zero-order valence-corrected chi connectivity index (χ0v) is 11.0. The minimum Gasteiger partial charge on any atom is -0.398 e. The summed E-state index contributed by atoms with van der Waals surface area (Å²) in [5, 5.41) is 21.0. The first-order valence-electron chi connectivity index (χ1n) is 6.29. The molecule has 1 fully saturated rings. The lowest BCUT2D eigenvalue weighted by molar-refractivity contribution is 0.0130. The van der Waals surface area contributed by atoms with Gasteiger partial charge >= 0.3 is 0 Å². The van der Waals surface area contributed by atoms with Crippen LogP contribution < -0.4 is 11.1 Å². The Morgan fingerprint density at radius 2 is 2.28 bits per heavy atom. The number of aryl methyl sites for hydroxylation is 1. The van der Waals surface area contributed by atoms with Crippen LogP contribution in [-0.4, -0.2) is 30.0 Å². The average molecular weight is 247 g/mol. The molecule has 5 N–H and O–H groups in total. The first-order valence-corrected chi connectivity index (χ1v) is 6.29. The van der Waals surface area contributed by atoms with Crippen LogP contribution in [0.4, 0.5) is 5.69 Å². The van der Waals surface area contributed by atoms with Crippen LogP contribution in [0.3, 0.4) is 0 Å². The summed E-state index contributed by atoms with van der Waals surface area (Å²) in [6.45, 7) is 5.39. The third-order valence-corrected chi connectivity index (χ3v) is 3.85. The molecule has 4 nitrogen and oxygen atoms in total. The van der Waals surface area contributed by atoms with Gasteiger partial charge in [0.25, 0.3) is 0 Å². The number of nitrogens with one attached hydrogen (secondary N) is 2. The summed E-state index contributed by atoms with van der Waals surface area (Å²) in [7, 11) is 0. The van der Waals surface area contributed by atoms with Crippen LogP contribution in [0.2, 0.25) is 0 Å². The lowest BCUT2D eigenvalue weighted by atomic mass is 9.77. The molecular formula is C14H21N3O. The highest BCUT2D eigenvalue weighted by molar-refractivity contribution is 5.85. The number of β-amino-alcohol motifs (C(OH)–C–C–N with tert-alkyl or cyclic N) is 1. The maximum absolute atomic E-state index is 10.5. The second kappa shape index (κ2) is 4.71. The van der Waals surface area contributed by atoms with E-state index in [9.17, 15) is 5.11 Å². The standard InChI is InChI=1S/C14H21N3O/c1-9-5-10(7-15)13(16)6-11(9)12-3-4-17-8-14(12,2)18/h5-7,12,15,17-18H,3-4,8,16H2,1-2H3. The van der Waals surface area contributed by atoms with Gasteiger partial charge in [0.05, 0.1) is 5.60 Å². The third-order valence-electron chi connectivity index (χ3n) is 3.85. The van der Waals surface area contributed by atoms with Gasteiger partial charge in [-0.1, -0.05) is 0 Å². The van der Waals surface area contributed by atoms with Crippen molar-refractivity contribution in [3.05, 3.63) is 28.8 Å². The van der Waals surface area contributed by atoms with Gasteiger partial charge in [-0.05, 0) is 50.1 Å². The molecule has 0 saturated carbocycles. The predicted octanol–water partition coefficient (Wildman–Crippen LogP) is 1.40. The van der Waals surface area contributed by atoms with Crippen molar-refractivity contribution in [2.45, 2.75) is 31.8 Å². The molecule has 1 aromatic rings. The van der Waals surface area contributed by atoms with Gasteiger partial charge in [-0.3, -0.25) is 0 Å². The molecule has 1 aliphatic rings. The number of piperidine rings is 1. The van der Waals surface area contributed by atoms with E-state index in [0.29, 0.717) is 12.2 Å². The van der Waals surface area contributed by atoms with E-state index in [-0.39, 0.29) is 5.92 Å². The van der Waals surface area contributed by atoms with Crippen molar-refractivity contribution < 1.29 is 5.11 Å². The summed E-state index contributed by atoms with van der Waals surface area (Å²) in [5.74, 6) is 0.0980. The van der Waals surface area contributed by atoms with Gasteiger partial charge < -0.3 is 21.6 Å². The van der Waals surface area contributed by atoms with E-state index in [0.717, 1.165) is 29.7 Å². The average Bonchev–Trinajstić information content (AvgIpc) is 2.31. The van der Waals surface area contributed by atoms with Crippen molar-refractivity contribution in [3.63, 3.8) is 0 Å². The van der Waals surface area contributed by atoms with Crippen LogP contribution >= 0.6 is 0 Å². The number of benzene rings is 1. The Morgan fingerprint density at radius 3 is 2.89 bits per heavy atom. The lowest BCUT2D eigenvalue weighted by Gasteiger charge is -2.38. The summed E-state index contributed by atoms with van der Waals surface area (Å²) >= 11 is 0. The van der Waals surface area contributed by atoms with Crippen molar-refractivity contribution in [1.82, 2.24) is 5.32 Å². The highest BCUT2D eigenvalue weighted by atomic mass is 16.3. The summed E-state index contributed by atoms with van der Waals surface area (Å²) in [4.78, 5) is 0. The van der Waals surface area contributed by atoms with Crippen molar-refractivity contribution in [3.8, 4) is 0 Å². The van der Waals surface area contributed by atoms with E-state index < -0.39 is 5.60 Å². The van der Waals surface area contributed by atoms with Crippen LogP contribution in [0.25, 0.3) is 0 Å². The van der Waals surface area contributed by atoms with E-state index in [1.807, 2.05) is 26.0 Å². The minimum absolute atomic E-state index is 0.0980. The van der Waals surface area contributed by atoms with Gasteiger partial charge in [0.1, 0.15) is 0 Å². The molecule has 0 spiro atoms. The third kappa shape index (κ3) is 2.26. The maximum Gasteiger partial charge on any atom is 0.0812 e. The van der Waals surface area contributed by atoms with Gasteiger partial charge in [0, 0.05) is 29.9 Å². The van der Waals surface area contributed by atoms with Crippen molar-refractivity contribution in [2.24, 2.45) is 0 Å². The van der Waals surface area contributed by atoms with Crippen molar-refractivity contribution in [2.75, 3.05) is 18.8 Å². The maximum atomic E-state index is 10.5. The fourth-order valence-corrected chi connectivity index (χ4v) is 2.78. The van der Waals surface area contributed by atoms with Gasteiger partial charge in [-0.2, -0.15) is 0 Å². The molecule has 4 heteroatoms. The highest BCUT2D eigenvalue weighted by Gasteiger charge is 2.36. The van der Waals surface area contributed by atoms with Crippen LogP contribution in [0.1, 0.15) is 36.0 Å². The Kier molecular flexibility index (Phi) is 3.41. The molecule has 0 amide bonds. The number of anilines is 1. The number of nitrogens with two attached hydrogens (primary N) is 1. The summed E-state index contributed by atoms with van der Waals surface area (Å²) in [6, 6.07) is 3.84. The Balaban J connectivity index is 2.44. The molecule has 98 valence electrons. The van der Waals surface area contributed by atoms with Gasteiger partial charge in [-0.15, -0.1) is 0 Å². The van der Waals surface area contributed by atoms with Gasteiger partial charge in [0.2, 0.25) is 0 Å². The van der Waals surface area contributed by atoms with Crippen molar-refractivity contribution >= 4 is 11.9 Å². The van der Waals surface area contributed by atoms with E-state index >= 15 is 0 Å². The summed E-state index contributed by atoms with van der Waals surface area (Å²) in [5.41, 5.74) is 8.74. The number of rotatable bonds is 2. The Bertz CT molecular complexity index is 468. The molecule has 0 aliphatic carbocycles. The molecule has 0 radical (unpaired) electrons. The number of nitrogen functional groups attached to an aromatic ring is 1. The minimum atomic E-state index is -0.748. The highest BCUT2D eigenvalue weighted by Crippen LogP contribution is 2.36. The van der Waals surface area contributed by atoms with E-state index in [4.69, 9.17) is 11.1 Å². The normalized spacial score (nSPS) is 28.1. The summed E-state index contributed by atoms with van der Waals surface area (Å²) < 4.78 is 0. The first kappa shape index (κ1) is 13.1. The molecule has 0 bridgehead atoms. The molecule has 1 saturated heterocycles. The number of hydrogen-bond acceptors (Lipinski definition) is 4. The van der Waals surface area contributed by atoms with Crippen LogP contribution in [0.15, 0.2) is 12.1 Å². The molecule has 0 aromatic heterocycles. The SMILES string of the molecule is Cc1cc(C=N)c(N)cc1C1CCNCC1(C)O. The van der Waals surface area contributed by atoms with Crippen molar-refractivity contribution in [1.29, 1.82) is 5.41 Å². The molecule has 2 atom stereocenters.